The van der Waals surface area contributed by atoms with Crippen molar-refractivity contribution in [3.8, 4) is 11.3 Å². The molecule has 0 unspecified atom stereocenters. The molecule has 2 N–H and O–H groups in total. The van der Waals surface area contributed by atoms with E-state index < -0.39 is 0 Å². The maximum Gasteiger partial charge on any atom is 0.319 e. The minimum absolute atomic E-state index is 0.0236. The van der Waals surface area contributed by atoms with Crippen molar-refractivity contribution in [1.82, 2.24) is 20.2 Å². The SMILES string of the molecule is COCCN1C[C@@H](NC(=O)Nc2cc3ccccc3nc2-c2cccnc2)[C@H](c2ccccc2)C1. The number of fused-ring (bicyclic) bond motifs is 1. The Labute approximate surface area is 205 Å². The molecule has 0 saturated carbocycles. The summed E-state index contributed by atoms with van der Waals surface area (Å²) >= 11 is 0. The molecule has 1 fully saturated rings. The predicted octanol–water partition coefficient (Wildman–Crippen LogP) is 4.53. The number of para-hydroxylation sites is 1. The van der Waals surface area contributed by atoms with E-state index in [0.29, 0.717) is 18.0 Å². The highest BCUT2D eigenvalue weighted by atomic mass is 16.5. The van der Waals surface area contributed by atoms with E-state index in [-0.39, 0.29) is 18.0 Å². The van der Waals surface area contributed by atoms with Crippen LogP contribution in [0.1, 0.15) is 11.5 Å². The molecule has 0 aliphatic carbocycles. The van der Waals surface area contributed by atoms with Gasteiger partial charge in [-0.1, -0.05) is 48.5 Å². The molecular formula is C28H29N5O2. The highest BCUT2D eigenvalue weighted by Crippen LogP contribution is 2.30. The van der Waals surface area contributed by atoms with Crippen molar-refractivity contribution < 1.29 is 9.53 Å². The van der Waals surface area contributed by atoms with Gasteiger partial charge in [0.05, 0.1) is 29.5 Å². The number of amides is 2. The van der Waals surface area contributed by atoms with Crippen LogP contribution in [-0.4, -0.2) is 60.3 Å². The molecule has 1 saturated heterocycles. The molecule has 2 amide bonds. The number of pyridine rings is 2. The fraction of sp³-hybridized carbons (Fsp3) is 0.250. The number of carbonyl (C=O) groups excluding carboxylic acids is 1. The summed E-state index contributed by atoms with van der Waals surface area (Å²) < 4.78 is 5.28. The molecular weight excluding hydrogens is 438 g/mol. The second-order valence-corrected chi connectivity index (χ2v) is 8.79. The second-order valence-electron chi connectivity index (χ2n) is 8.79. The zero-order valence-electron chi connectivity index (χ0n) is 19.7. The monoisotopic (exact) mass is 467 g/mol. The van der Waals surface area contributed by atoms with Gasteiger partial charge in [0, 0.05) is 56.0 Å². The lowest BCUT2D eigenvalue weighted by atomic mass is 9.94. The number of ether oxygens (including phenoxy) is 1. The van der Waals surface area contributed by atoms with E-state index in [4.69, 9.17) is 9.72 Å². The Hall–Kier alpha value is -3.81. The third-order valence-corrected chi connectivity index (χ3v) is 6.46. The molecule has 2 aromatic carbocycles. The lowest BCUT2D eigenvalue weighted by Crippen LogP contribution is -2.42. The maximum absolute atomic E-state index is 13.3. The fourth-order valence-corrected chi connectivity index (χ4v) is 4.73. The smallest absolute Gasteiger partial charge is 0.319 e. The van der Waals surface area contributed by atoms with Crippen molar-refractivity contribution in [1.29, 1.82) is 0 Å². The van der Waals surface area contributed by atoms with Crippen LogP contribution in [0.4, 0.5) is 10.5 Å². The van der Waals surface area contributed by atoms with Crippen molar-refractivity contribution in [2.45, 2.75) is 12.0 Å². The zero-order chi connectivity index (χ0) is 24.0. The molecule has 0 spiro atoms. The number of benzene rings is 2. The largest absolute Gasteiger partial charge is 0.383 e. The third-order valence-electron chi connectivity index (χ3n) is 6.46. The van der Waals surface area contributed by atoms with Gasteiger partial charge in [-0.3, -0.25) is 9.88 Å². The maximum atomic E-state index is 13.3. The topological polar surface area (TPSA) is 79.4 Å². The van der Waals surface area contributed by atoms with E-state index in [0.717, 1.165) is 36.1 Å². The summed E-state index contributed by atoms with van der Waals surface area (Å²) in [6.07, 6.45) is 3.49. The number of methoxy groups -OCH3 is 1. The average molecular weight is 468 g/mol. The number of carbonyl (C=O) groups is 1. The van der Waals surface area contributed by atoms with Gasteiger partial charge in [0.1, 0.15) is 0 Å². The van der Waals surface area contributed by atoms with Crippen LogP contribution < -0.4 is 10.6 Å². The van der Waals surface area contributed by atoms with Crippen molar-refractivity contribution in [2.75, 3.05) is 38.7 Å². The Morgan fingerprint density at radius 3 is 2.69 bits per heavy atom. The number of nitrogens with one attached hydrogen (secondary N) is 2. The first-order valence-electron chi connectivity index (χ1n) is 11.8. The van der Waals surface area contributed by atoms with Crippen LogP contribution in [-0.2, 0) is 4.74 Å². The van der Waals surface area contributed by atoms with Gasteiger partial charge in [0.15, 0.2) is 0 Å². The summed E-state index contributed by atoms with van der Waals surface area (Å²) in [5.41, 5.74) is 4.29. The number of hydrogen-bond acceptors (Lipinski definition) is 5. The molecule has 4 aromatic rings. The van der Waals surface area contributed by atoms with E-state index in [2.05, 4.69) is 32.7 Å². The second kappa shape index (κ2) is 10.6. The Morgan fingerprint density at radius 2 is 1.89 bits per heavy atom. The minimum atomic E-state index is -0.244. The van der Waals surface area contributed by atoms with Gasteiger partial charge in [0.2, 0.25) is 0 Å². The van der Waals surface area contributed by atoms with Crippen LogP contribution in [0.5, 0.6) is 0 Å². The molecule has 1 aliphatic rings. The van der Waals surface area contributed by atoms with Crippen LogP contribution in [0, 0.1) is 0 Å². The summed E-state index contributed by atoms with van der Waals surface area (Å²) in [5.74, 6) is 0.200. The summed E-state index contributed by atoms with van der Waals surface area (Å²) in [6, 6.07) is 23.8. The first kappa shape index (κ1) is 23.0. The molecule has 2 atom stereocenters. The van der Waals surface area contributed by atoms with Gasteiger partial charge in [0.25, 0.3) is 0 Å². The number of anilines is 1. The van der Waals surface area contributed by atoms with Crippen molar-refractivity contribution in [3.63, 3.8) is 0 Å². The lowest BCUT2D eigenvalue weighted by molar-refractivity contribution is 0.159. The molecule has 1 aliphatic heterocycles. The third kappa shape index (κ3) is 5.31. The van der Waals surface area contributed by atoms with Crippen LogP contribution in [0.2, 0.25) is 0 Å². The van der Waals surface area contributed by atoms with E-state index in [1.165, 1.54) is 5.56 Å². The summed E-state index contributed by atoms with van der Waals surface area (Å²) in [7, 11) is 1.71. The van der Waals surface area contributed by atoms with E-state index in [9.17, 15) is 4.79 Å². The molecule has 0 radical (unpaired) electrons. The molecule has 0 bridgehead atoms. The van der Waals surface area contributed by atoms with Crippen LogP contribution in [0.3, 0.4) is 0 Å². The first-order chi connectivity index (χ1) is 17.2. The number of likely N-dealkylation sites (tertiary alicyclic amines) is 1. The average Bonchev–Trinajstić information content (AvgIpc) is 3.30. The quantitative estimate of drug-likeness (QED) is 0.417. The van der Waals surface area contributed by atoms with E-state index in [1.807, 2.05) is 60.7 Å². The number of nitrogens with zero attached hydrogens (tertiary/aromatic N) is 3. The highest BCUT2D eigenvalue weighted by Gasteiger charge is 2.34. The Kier molecular flexibility index (Phi) is 6.97. The van der Waals surface area contributed by atoms with Gasteiger partial charge in [-0.05, 0) is 29.8 Å². The highest BCUT2D eigenvalue weighted by molar-refractivity contribution is 5.97. The van der Waals surface area contributed by atoms with Crippen LogP contribution in [0.15, 0.2) is 85.2 Å². The first-order valence-corrected chi connectivity index (χ1v) is 11.8. The Bertz CT molecular complexity index is 1280. The number of rotatable bonds is 7. The standard InChI is InChI=1S/C28H29N5O2/c1-35-15-14-33-18-23(20-8-3-2-4-9-20)26(19-33)32-28(34)31-25-16-21-10-5-6-12-24(21)30-27(25)22-11-7-13-29-17-22/h2-13,16-17,23,26H,14-15,18-19H2,1H3,(H2,31,32,34)/t23-,26+/m0/s1. The van der Waals surface area contributed by atoms with E-state index in [1.54, 1.807) is 19.5 Å². The summed E-state index contributed by atoms with van der Waals surface area (Å²) in [5, 5.41) is 7.27. The molecule has 5 rings (SSSR count). The number of urea groups is 1. The van der Waals surface area contributed by atoms with Crippen LogP contribution >= 0.6 is 0 Å². The molecule has 7 heteroatoms. The van der Waals surface area contributed by atoms with Gasteiger partial charge >= 0.3 is 6.03 Å². The molecule has 7 nitrogen and oxygen atoms in total. The normalized spacial score (nSPS) is 18.0. The zero-order valence-corrected chi connectivity index (χ0v) is 19.7. The van der Waals surface area contributed by atoms with Crippen molar-refractivity contribution in [2.24, 2.45) is 0 Å². The van der Waals surface area contributed by atoms with Crippen molar-refractivity contribution in [3.05, 3.63) is 90.8 Å². The number of aromatic nitrogens is 2. The minimum Gasteiger partial charge on any atom is -0.383 e. The van der Waals surface area contributed by atoms with Crippen LogP contribution in [0.25, 0.3) is 22.2 Å². The van der Waals surface area contributed by atoms with Gasteiger partial charge in [-0.25, -0.2) is 9.78 Å². The lowest BCUT2D eigenvalue weighted by Gasteiger charge is -2.21. The summed E-state index contributed by atoms with van der Waals surface area (Å²) in [4.78, 5) is 24.7. The summed E-state index contributed by atoms with van der Waals surface area (Å²) in [6.45, 7) is 3.13. The van der Waals surface area contributed by atoms with E-state index >= 15 is 0 Å². The van der Waals surface area contributed by atoms with Gasteiger partial charge < -0.3 is 15.4 Å². The molecule has 178 valence electrons. The molecule has 2 aromatic heterocycles. The van der Waals surface area contributed by atoms with Gasteiger partial charge in [-0.15, -0.1) is 0 Å². The predicted molar refractivity (Wildman–Crippen MR) is 138 cm³/mol. The Morgan fingerprint density at radius 1 is 1.06 bits per heavy atom. The molecule has 35 heavy (non-hydrogen) atoms. The number of hydrogen-bond donors (Lipinski definition) is 2. The Balaban J connectivity index is 1.39. The van der Waals surface area contributed by atoms with Gasteiger partial charge in [-0.2, -0.15) is 0 Å². The molecule has 3 heterocycles. The van der Waals surface area contributed by atoms with Crippen molar-refractivity contribution >= 4 is 22.6 Å². The fourth-order valence-electron chi connectivity index (χ4n) is 4.73.